The van der Waals surface area contributed by atoms with Crippen LogP contribution >= 0.6 is 0 Å². The summed E-state index contributed by atoms with van der Waals surface area (Å²) in [5.74, 6) is 1.59. The second-order valence-electron chi connectivity index (χ2n) is 6.28. The molecule has 17 heavy (non-hydrogen) atoms. The van der Waals surface area contributed by atoms with E-state index in [-0.39, 0.29) is 0 Å². The molecule has 0 heterocycles. The molecule has 2 heteroatoms. The standard InChI is InChI=1S/C15H30N2/c1-12-7-3-2-4-9-14(12)17-15-10-6-5-8-13(15)11-16/h12-15,17H,2-11,16H2,1H3. The van der Waals surface area contributed by atoms with E-state index in [1.807, 2.05) is 0 Å². The number of hydrogen-bond acceptors (Lipinski definition) is 2. The average Bonchev–Trinajstić information content (AvgIpc) is 2.56. The van der Waals surface area contributed by atoms with Gasteiger partial charge in [0.15, 0.2) is 0 Å². The van der Waals surface area contributed by atoms with Gasteiger partial charge in [0.1, 0.15) is 0 Å². The van der Waals surface area contributed by atoms with Gasteiger partial charge >= 0.3 is 0 Å². The van der Waals surface area contributed by atoms with Crippen molar-refractivity contribution in [3.05, 3.63) is 0 Å². The molecule has 2 nitrogen and oxygen atoms in total. The predicted octanol–water partition coefficient (Wildman–Crippen LogP) is 3.06. The Morgan fingerprint density at radius 3 is 2.35 bits per heavy atom. The van der Waals surface area contributed by atoms with Crippen LogP contribution in [0.25, 0.3) is 0 Å². The first-order valence-corrected chi connectivity index (χ1v) is 7.77. The van der Waals surface area contributed by atoms with Crippen LogP contribution in [0.1, 0.15) is 64.7 Å². The Balaban J connectivity index is 1.88. The minimum absolute atomic E-state index is 0.708. The molecule has 0 aromatic carbocycles. The van der Waals surface area contributed by atoms with Crippen molar-refractivity contribution in [2.75, 3.05) is 6.54 Å². The predicted molar refractivity (Wildman–Crippen MR) is 74.0 cm³/mol. The Morgan fingerprint density at radius 2 is 1.53 bits per heavy atom. The maximum Gasteiger partial charge on any atom is 0.0110 e. The normalized spacial score (nSPS) is 39.9. The summed E-state index contributed by atoms with van der Waals surface area (Å²) in [5.41, 5.74) is 5.92. The van der Waals surface area contributed by atoms with Crippen molar-refractivity contribution in [3.63, 3.8) is 0 Å². The molecule has 0 spiro atoms. The van der Waals surface area contributed by atoms with Crippen LogP contribution in [0.2, 0.25) is 0 Å². The van der Waals surface area contributed by atoms with Gasteiger partial charge in [0.05, 0.1) is 0 Å². The van der Waals surface area contributed by atoms with E-state index in [1.165, 1.54) is 57.8 Å². The molecule has 2 saturated carbocycles. The van der Waals surface area contributed by atoms with E-state index in [4.69, 9.17) is 5.73 Å². The van der Waals surface area contributed by atoms with Crippen LogP contribution in [0.3, 0.4) is 0 Å². The van der Waals surface area contributed by atoms with Crippen LogP contribution in [0.15, 0.2) is 0 Å². The van der Waals surface area contributed by atoms with Gasteiger partial charge in [-0.05, 0) is 44.1 Å². The zero-order valence-electron chi connectivity index (χ0n) is 11.5. The second-order valence-corrected chi connectivity index (χ2v) is 6.28. The molecule has 4 unspecified atom stereocenters. The highest BCUT2D eigenvalue weighted by Gasteiger charge is 2.28. The van der Waals surface area contributed by atoms with Crippen molar-refractivity contribution >= 4 is 0 Å². The molecule has 3 N–H and O–H groups in total. The molecule has 2 fully saturated rings. The molecule has 0 radical (unpaired) electrons. The summed E-state index contributed by atoms with van der Waals surface area (Å²) in [6, 6.07) is 1.47. The van der Waals surface area contributed by atoms with E-state index in [0.29, 0.717) is 6.04 Å². The quantitative estimate of drug-likeness (QED) is 0.742. The van der Waals surface area contributed by atoms with Crippen molar-refractivity contribution in [1.82, 2.24) is 5.32 Å². The Hall–Kier alpha value is -0.0800. The number of hydrogen-bond donors (Lipinski definition) is 2. The molecule has 4 atom stereocenters. The molecule has 0 amide bonds. The molecule has 100 valence electrons. The second kappa shape index (κ2) is 6.75. The van der Waals surface area contributed by atoms with Gasteiger partial charge in [-0.1, -0.05) is 39.0 Å². The van der Waals surface area contributed by atoms with Crippen molar-refractivity contribution in [3.8, 4) is 0 Å². The minimum Gasteiger partial charge on any atom is -0.330 e. The lowest BCUT2D eigenvalue weighted by Crippen LogP contribution is -2.48. The van der Waals surface area contributed by atoms with Gasteiger partial charge < -0.3 is 11.1 Å². The van der Waals surface area contributed by atoms with Crippen LogP contribution in [0.4, 0.5) is 0 Å². The molecule has 2 aliphatic rings. The van der Waals surface area contributed by atoms with E-state index in [0.717, 1.165) is 24.4 Å². The van der Waals surface area contributed by atoms with E-state index in [2.05, 4.69) is 12.2 Å². The first-order chi connectivity index (χ1) is 8.31. The summed E-state index contributed by atoms with van der Waals surface area (Å²) in [5, 5.41) is 3.97. The lowest BCUT2D eigenvalue weighted by molar-refractivity contribution is 0.218. The van der Waals surface area contributed by atoms with Gasteiger partial charge in [-0.3, -0.25) is 0 Å². The molecular weight excluding hydrogens is 208 g/mol. The molecular formula is C15H30N2. The first-order valence-electron chi connectivity index (χ1n) is 7.77. The third kappa shape index (κ3) is 3.69. The molecule has 2 aliphatic carbocycles. The maximum atomic E-state index is 5.92. The van der Waals surface area contributed by atoms with Gasteiger partial charge in [0.25, 0.3) is 0 Å². The molecule has 0 saturated heterocycles. The summed E-state index contributed by atoms with van der Waals surface area (Å²) in [4.78, 5) is 0. The van der Waals surface area contributed by atoms with Crippen LogP contribution in [-0.2, 0) is 0 Å². The molecule has 2 rings (SSSR count). The largest absolute Gasteiger partial charge is 0.330 e. The van der Waals surface area contributed by atoms with Crippen molar-refractivity contribution < 1.29 is 0 Å². The lowest BCUT2D eigenvalue weighted by Gasteiger charge is -2.36. The fourth-order valence-electron chi connectivity index (χ4n) is 3.72. The van der Waals surface area contributed by atoms with Crippen LogP contribution in [0.5, 0.6) is 0 Å². The lowest BCUT2D eigenvalue weighted by atomic mass is 9.83. The van der Waals surface area contributed by atoms with Gasteiger partial charge in [-0.2, -0.15) is 0 Å². The highest BCUT2D eigenvalue weighted by molar-refractivity contribution is 4.87. The molecule has 0 aliphatic heterocycles. The van der Waals surface area contributed by atoms with Gasteiger partial charge in [0, 0.05) is 12.1 Å². The summed E-state index contributed by atoms with van der Waals surface area (Å²) in [6.45, 7) is 3.31. The average molecular weight is 238 g/mol. The minimum atomic E-state index is 0.708. The van der Waals surface area contributed by atoms with E-state index in [9.17, 15) is 0 Å². The molecule has 0 bridgehead atoms. The Bertz CT molecular complexity index is 217. The summed E-state index contributed by atoms with van der Waals surface area (Å²) < 4.78 is 0. The van der Waals surface area contributed by atoms with Gasteiger partial charge in [0.2, 0.25) is 0 Å². The number of nitrogens with one attached hydrogen (secondary N) is 1. The van der Waals surface area contributed by atoms with Gasteiger partial charge in [-0.15, -0.1) is 0 Å². The smallest absolute Gasteiger partial charge is 0.0110 e. The molecule has 0 aromatic rings. The summed E-state index contributed by atoms with van der Waals surface area (Å²) in [7, 11) is 0. The monoisotopic (exact) mass is 238 g/mol. The van der Waals surface area contributed by atoms with E-state index < -0.39 is 0 Å². The Labute approximate surface area is 107 Å². The SMILES string of the molecule is CC1CCCCCC1NC1CCCCC1CN. The van der Waals surface area contributed by atoms with Crippen LogP contribution in [-0.4, -0.2) is 18.6 Å². The Morgan fingerprint density at radius 1 is 0.882 bits per heavy atom. The van der Waals surface area contributed by atoms with Crippen molar-refractivity contribution in [2.45, 2.75) is 76.8 Å². The zero-order chi connectivity index (χ0) is 12.1. The van der Waals surface area contributed by atoms with Crippen molar-refractivity contribution in [2.24, 2.45) is 17.6 Å². The first kappa shape index (κ1) is 13.4. The summed E-state index contributed by atoms with van der Waals surface area (Å²) in [6.07, 6.45) is 12.6. The maximum absolute atomic E-state index is 5.92. The highest BCUT2D eigenvalue weighted by atomic mass is 15.0. The van der Waals surface area contributed by atoms with Gasteiger partial charge in [-0.25, -0.2) is 0 Å². The third-order valence-corrected chi connectivity index (χ3v) is 5.00. The fraction of sp³-hybridized carbons (Fsp3) is 1.00. The molecule has 0 aromatic heterocycles. The number of rotatable bonds is 3. The van der Waals surface area contributed by atoms with Crippen LogP contribution < -0.4 is 11.1 Å². The van der Waals surface area contributed by atoms with Crippen LogP contribution in [0, 0.1) is 11.8 Å². The van der Waals surface area contributed by atoms with E-state index >= 15 is 0 Å². The third-order valence-electron chi connectivity index (χ3n) is 5.00. The topological polar surface area (TPSA) is 38.0 Å². The van der Waals surface area contributed by atoms with E-state index in [1.54, 1.807) is 0 Å². The zero-order valence-corrected chi connectivity index (χ0v) is 11.5. The Kier molecular flexibility index (Phi) is 5.30. The van der Waals surface area contributed by atoms with Crippen molar-refractivity contribution in [1.29, 1.82) is 0 Å². The summed E-state index contributed by atoms with van der Waals surface area (Å²) >= 11 is 0. The fourth-order valence-corrected chi connectivity index (χ4v) is 3.72. The number of nitrogens with two attached hydrogens (primary N) is 1. The highest BCUT2D eigenvalue weighted by Crippen LogP contribution is 2.28.